The van der Waals surface area contributed by atoms with E-state index in [0.717, 1.165) is 12.8 Å². The lowest BCUT2D eigenvalue weighted by Crippen LogP contribution is -2.42. The Morgan fingerprint density at radius 1 is 1.31 bits per heavy atom. The van der Waals surface area contributed by atoms with E-state index in [0.29, 0.717) is 17.1 Å². The molecule has 0 bridgehead atoms. The van der Waals surface area contributed by atoms with Crippen LogP contribution in [-0.4, -0.2) is 49.2 Å². The first kappa shape index (κ1) is 13.8. The van der Waals surface area contributed by atoms with Gasteiger partial charge in [-0.25, -0.2) is 17.2 Å². The molecule has 0 radical (unpaired) electrons. The number of rotatable bonds is 6. The second-order valence-electron chi connectivity index (χ2n) is 3.92. The van der Waals surface area contributed by atoms with Gasteiger partial charge in [-0.05, 0) is 12.8 Å². The summed E-state index contributed by atoms with van der Waals surface area (Å²) >= 11 is 0. The van der Waals surface area contributed by atoms with Crippen LogP contribution < -0.4 is 0 Å². The van der Waals surface area contributed by atoms with Crippen LogP contribution in [0.5, 0.6) is 0 Å². The summed E-state index contributed by atoms with van der Waals surface area (Å²) in [6.07, 6.45) is 0.0145. The minimum Gasteiger partial charge on any atom is -0.395 e. The lowest BCUT2D eigenvalue weighted by atomic mass is 10.4. The molecule has 1 saturated carbocycles. The summed E-state index contributed by atoms with van der Waals surface area (Å²) in [5.74, 6) is 0. The van der Waals surface area contributed by atoms with Gasteiger partial charge in [0.25, 0.3) is 6.43 Å². The summed E-state index contributed by atoms with van der Waals surface area (Å²) in [4.78, 5) is 0. The molecule has 1 N–H and O–H groups in total. The van der Waals surface area contributed by atoms with E-state index in [-0.39, 0.29) is 6.54 Å². The summed E-state index contributed by atoms with van der Waals surface area (Å²) in [6, 6.07) is 0. The molecule has 1 aliphatic carbocycles. The summed E-state index contributed by atoms with van der Waals surface area (Å²) < 4.78 is 49.1. The van der Waals surface area contributed by atoms with Crippen LogP contribution in [0.2, 0.25) is 0 Å². The SMILES string of the molecule is O=S(=O)(C1CCCC1)N(CCO)CC(F)F. The van der Waals surface area contributed by atoms with Gasteiger partial charge in [-0.2, -0.15) is 4.31 Å². The minimum absolute atomic E-state index is 0.247. The van der Waals surface area contributed by atoms with Crippen LogP contribution in [0.25, 0.3) is 0 Å². The molecule has 0 unspecified atom stereocenters. The average molecular weight is 257 g/mol. The quantitative estimate of drug-likeness (QED) is 0.766. The summed E-state index contributed by atoms with van der Waals surface area (Å²) in [7, 11) is -3.66. The number of sulfonamides is 1. The maximum absolute atomic E-state index is 12.2. The topological polar surface area (TPSA) is 57.6 Å². The molecule has 0 aromatic heterocycles. The predicted octanol–water partition coefficient (Wildman–Crippen LogP) is 0.818. The van der Waals surface area contributed by atoms with Gasteiger partial charge in [0.2, 0.25) is 10.0 Å². The van der Waals surface area contributed by atoms with Crippen LogP contribution in [0, 0.1) is 0 Å². The van der Waals surface area contributed by atoms with Crippen molar-refractivity contribution in [2.45, 2.75) is 37.4 Å². The van der Waals surface area contributed by atoms with Gasteiger partial charge in [0.15, 0.2) is 0 Å². The first-order chi connectivity index (χ1) is 7.48. The van der Waals surface area contributed by atoms with E-state index in [1.165, 1.54) is 0 Å². The molecule has 1 rings (SSSR count). The van der Waals surface area contributed by atoms with E-state index < -0.39 is 34.9 Å². The van der Waals surface area contributed by atoms with Crippen LogP contribution >= 0.6 is 0 Å². The van der Waals surface area contributed by atoms with Crippen molar-refractivity contribution in [3.05, 3.63) is 0 Å². The van der Waals surface area contributed by atoms with Gasteiger partial charge in [-0.3, -0.25) is 0 Å². The molecule has 1 aliphatic rings. The van der Waals surface area contributed by atoms with Crippen molar-refractivity contribution in [1.29, 1.82) is 0 Å². The molecule has 0 heterocycles. The molecular weight excluding hydrogens is 240 g/mol. The van der Waals surface area contributed by atoms with Gasteiger partial charge in [0.1, 0.15) is 0 Å². The Labute approximate surface area is 94.3 Å². The molecule has 0 saturated heterocycles. The van der Waals surface area contributed by atoms with Crippen LogP contribution in [0.3, 0.4) is 0 Å². The fourth-order valence-corrected chi connectivity index (χ4v) is 3.99. The number of halogens is 2. The van der Waals surface area contributed by atoms with E-state index in [9.17, 15) is 17.2 Å². The lowest BCUT2D eigenvalue weighted by molar-refractivity contribution is 0.112. The smallest absolute Gasteiger partial charge is 0.252 e. The molecular formula is C9H17F2NO3S. The summed E-state index contributed by atoms with van der Waals surface area (Å²) in [6.45, 7) is -1.50. The maximum Gasteiger partial charge on any atom is 0.252 e. The Hall–Kier alpha value is -0.270. The Bertz CT molecular complexity index is 302. The second-order valence-corrected chi connectivity index (χ2v) is 6.14. The van der Waals surface area contributed by atoms with Crippen molar-refractivity contribution in [2.24, 2.45) is 0 Å². The van der Waals surface area contributed by atoms with Gasteiger partial charge in [0, 0.05) is 6.54 Å². The van der Waals surface area contributed by atoms with Crippen molar-refractivity contribution in [2.75, 3.05) is 19.7 Å². The lowest BCUT2D eigenvalue weighted by Gasteiger charge is -2.24. The van der Waals surface area contributed by atoms with E-state index in [1.54, 1.807) is 0 Å². The molecule has 0 spiro atoms. The highest BCUT2D eigenvalue weighted by molar-refractivity contribution is 7.89. The highest BCUT2D eigenvalue weighted by atomic mass is 32.2. The number of aliphatic hydroxyl groups excluding tert-OH is 1. The van der Waals surface area contributed by atoms with E-state index in [1.807, 2.05) is 0 Å². The monoisotopic (exact) mass is 257 g/mol. The number of aliphatic hydroxyl groups is 1. The van der Waals surface area contributed by atoms with Crippen LogP contribution in [-0.2, 0) is 10.0 Å². The molecule has 7 heteroatoms. The average Bonchev–Trinajstić information content (AvgIpc) is 2.69. The molecule has 4 nitrogen and oxygen atoms in total. The maximum atomic E-state index is 12.2. The second kappa shape index (κ2) is 5.88. The molecule has 0 atom stereocenters. The molecule has 0 amide bonds. The Kier molecular flexibility index (Phi) is 5.07. The zero-order chi connectivity index (χ0) is 12.2. The van der Waals surface area contributed by atoms with Crippen molar-refractivity contribution in [1.82, 2.24) is 4.31 Å². The largest absolute Gasteiger partial charge is 0.395 e. The first-order valence-electron chi connectivity index (χ1n) is 5.36. The van der Waals surface area contributed by atoms with Crippen LogP contribution in [0.4, 0.5) is 8.78 Å². The molecule has 96 valence electrons. The summed E-state index contributed by atoms with van der Waals surface area (Å²) in [5, 5.41) is 8.16. The zero-order valence-corrected chi connectivity index (χ0v) is 9.80. The standard InChI is InChI=1S/C9H17F2NO3S/c10-9(11)7-12(5-6-13)16(14,15)8-3-1-2-4-8/h8-9,13H,1-7H2. The van der Waals surface area contributed by atoms with Crippen LogP contribution in [0.1, 0.15) is 25.7 Å². The number of nitrogens with zero attached hydrogens (tertiary/aromatic N) is 1. The van der Waals surface area contributed by atoms with E-state index >= 15 is 0 Å². The Morgan fingerprint density at radius 2 is 1.88 bits per heavy atom. The van der Waals surface area contributed by atoms with Crippen molar-refractivity contribution >= 4 is 10.0 Å². The molecule has 0 aliphatic heterocycles. The molecule has 16 heavy (non-hydrogen) atoms. The number of hydrogen-bond donors (Lipinski definition) is 1. The fraction of sp³-hybridized carbons (Fsp3) is 1.00. The van der Waals surface area contributed by atoms with Gasteiger partial charge < -0.3 is 5.11 Å². The highest BCUT2D eigenvalue weighted by Crippen LogP contribution is 2.27. The van der Waals surface area contributed by atoms with Crippen molar-refractivity contribution in [3.63, 3.8) is 0 Å². The zero-order valence-electron chi connectivity index (χ0n) is 8.98. The van der Waals surface area contributed by atoms with Gasteiger partial charge >= 0.3 is 0 Å². The third-order valence-electron chi connectivity index (χ3n) is 2.77. The Balaban J connectivity index is 2.74. The third kappa shape index (κ3) is 3.36. The molecule has 1 fully saturated rings. The van der Waals surface area contributed by atoms with Gasteiger partial charge in [-0.15, -0.1) is 0 Å². The summed E-state index contributed by atoms with van der Waals surface area (Å²) in [5.41, 5.74) is 0. The van der Waals surface area contributed by atoms with Crippen molar-refractivity contribution < 1.29 is 22.3 Å². The van der Waals surface area contributed by atoms with Gasteiger partial charge in [-0.1, -0.05) is 12.8 Å². The predicted molar refractivity (Wildman–Crippen MR) is 55.8 cm³/mol. The third-order valence-corrected chi connectivity index (χ3v) is 5.14. The minimum atomic E-state index is -3.66. The molecule has 0 aromatic carbocycles. The highest BCUT2D eigenvalue weighted by Gasteiger charge is 2.34. The van der Waals surface area contributed by atoms with Gasteiger partial charge in [0.05, 0.1) is 18.4 Å². The fourth-order valence-electron chi connectivity index (χ4n) is 1.98. The number of alkyl halides is 2. The Morgan fingerprint density at radius 3 is 2.31 bits per heavy atom. The molecule has 0 aromatic rings. The first-order valence-corrected chi connectivity index (χ1v) is 6.86. The normalized spacial score (nSPS) is 18.8. The van der Waals surface area contributed by atoms with Crippen LogP contribution in [0.15, 0.2) is 0 Å². The van der Waals surface area contributed by atoms with Crippen molar-refractivity contribution in [3.8, 4) is 0 Å². The van der Waals surface area contributed by atoms with E-state index in [2.05, 4.69) is 0 Å². The number of hydrogen-bond acceptors (Lipinski definition) is 3. The van der Waals surface area contributed by atoms with E-state index in [4.69, 9.17) is 5.11 Å².